The maximum absolute atomic E-state index is 10.1. The Kier molecular flexibility index (Phi) is 5.37. The third-order valence-electron chi connectivity index (χ3n) is 1.81. The number of ether oxygens (including phenoxy) is 1. The van der Waals surface area contributed by atoms with E-state index in [0.29, 0.717) is 0 Å². The van der Waals surface area contributed by atoms with Gasteiger partial charge in [0.25, 0.3) is 0 Å². The second-order valence-corrected chi connectivity index (χ2v) is 5.02. The summed E-state index contributed by atoms with van der Waals surface area (Å²) in [5.74, 6) is -0.546. The van der Waals surface area contributed by atoms with E-state index in [4.69, 9.17) is 5.11 Å². The summed E-state index contributed by atoms with van der Waals surface area (Å²) >= 11 is 3.87. The van der Waals surface area contributed by atoms with Gasteiger partial charge in [-0.05, 0) is 26.2 Å². The summed E-state index contributed by atoms with van der Waals surface area (Å²) in [6.45, 7) is 6.74. The van der Waals surface area contributed by atoms with Crippen molar-refractivity contribution in [1.29, 1.82) is 0 Å². The lowest BCUT2D eigenvalue weighted by molar-refractivity contribution is -0.138. The average Bonchev–Trinajstić information content (AvgIpc) is 2.77. The number of carboxylic acids is 1. The predicted molar refractivity (Wildman–Crippen MR) is 63.2 cm³/mol. The lowest BCUT2D eigenvalue weighted by atomic mass is 10.3. The van der Waals surface area contributed by atoms with Gasteiger partial charge in [0.1, 0.15) is 0 Å². The Balaban J connectivity index is 0.000000281. The minimum Gasteiger partial charge on any atom is -0.481 e. The molecule has 0 spiro atoms. The van der Waals surface area contributed by atoms with Crippen LogP contribution in [0.15, 0.2) is 12.7 Å². The normalized spacial score (nSPS) is 22.4. The molecule has 2 unspecified atom stereocenters. The molecule has 1 aliphatic rings. The summed E-state index contributed by atoms with van der Waals surface area (Å²) in [6, 6.07) is 0. The van der Waals surface area contributed by atoms with Crippen LogP contribution in [0.1, 0.15) is 20.3 Å². The van der Waals surface area contributed by atoms with Gasteiger partial charge in [0.15, 0.2) is 4.93 Å². The van der Waals surface area contributed by atoms with E-state index in [1.54, 1.807) is 19.9 Å². The number of carbonyl (C=O) groups excluding carboxylic acids is 1. The molecule has 2 atom stereocenters. The number of rotatable bonds is 3. The summed E-state index contributed by atoms with van der Waals surface area (Å²) in [7, 11) is 0. The zero-order chi connectivity index (χ0) is 12.9. The van der Waals surface area contributed by atoms with Crippen molar-refractivity contribution in [1.82, 2.24) is 0 Å². The van der Waals surface area contributed by atoms with Gasteiger partial charge in [0.2, 0.25) is 0 Å². The molecule has 0 bridgehead atoms. The van der Waals surface area contributed by atoms with Crippen molar-refractivity contribution in [3.05, 3.63) is 12.7 Å². The Labute approximate surface area is 100 Å². The van der Waals surface area contributed by atoms with Crippen LogP contribution in [0.5, 0.6) is 0 Å². The van der Waals surface area contributed by atoms with Crippen molar-refractivity contribution in [3.8, 4) is 0 Å². The van der Waals surface area contributed by atoms with Crippen LogP contribution >= 0.6 is 12.6 Å². The van der Waals surface area contributed by atoms with Crippen LogP contribution < -0.4 is 5.73 Å². The monoisotopic (exact) mass is 247 g/mol. The minimum absolute atomic E-state index is 0.118. The van der Waals surface area contributed by atoms with Gasteiger partial charge in [0.05, 0.1) is 5.92 Å². The zero-order valence-corrected chi connectivity index (χ0v) is 10.2. The predicted octanol–water partition coefficient (Wildman–Crippen LogP) is 1.64. The maximum atomic E-state index is 10.1. The molecule has 0 aliphatic heterocycles. The van der Waals surface area contributed by atoms with E-state index in [-0.39, 0.29) is 11.8 Å². The van der Waals surface area contributed by atoms with Crippen LogP contribution in [0, 0.1) is 11.8 Å². The lowest BCUT2D eigenvalue weighted by Gasteiger charge is -2.15. The number of hydrogen-bond donors (Lipinski definition) is 3. The number of allylic oxidation sites excluding steroid dienone is 1. The van der Waals surface area contributed by atoms with Crippen molar-refractivity contribution < 1.29 is 19.4 Å². The Bertz CT molecular complexity index is 285. The SMILES string of the molecule is C=CC1CC1C(=O)O.CC(C)(S)OC(N)=O. The molecule has 1 aliphatic carbocycles. The molecule has 1 saturated carbocycles. The Hall–Kier alpha value is -1.17. The number of amides is 1. The van der Waals surface area contributed by atoms with E-state index in [2.05, 4.69) is 29.7 Å². The van der Waals surface area contributed by atoms with Crippen LogP contribution in [0.25, 0.3) is 0 Å². The topological polar surface area (TPSA) is 89.6 Å². The van der Waals surface area contributed by atoms with Gasteiger partial charge in [-0.3, -0.25) is 4.79 Å². The fourth-order valence-electron chi connectivity index (χ4n) is 1.01. The highest BCUT2D eigenvalue weighted by atomic mass is 32.1. The number of carboxylic acid groups (broad SMARTS) is 1. The van der Waals surface area contributed by atoms with Crippen LogP contribution in [0.2, 0.25) is 0 Å². The molecule has 6 heteroatoms. The van der Waals surface area contributed by atoms with E-state index >= 15 is 0 Å². The molecule has 0 aromatic carbocycles. The highest BCUT2D eigenvalue weighted by molar-refractivity contribution is 7.81. The molecule has 3 N–H and O–H groups in total. The highest BCUT2D eigenvalue weighted by Crippen LogP contribution is 2.38. The second-order valence-electron chi connectivity index (χ2n) is 3.95. The van der Waals surface area contributed by atoms with E-state index in [0.717, 1.165) is 6.42 Å². The quantitative estimate of drug-likeness (QED) is 0.402. The summed E-state index contributed by atoms with van der Waals surface area (Å²) in [5, 5.41) is 8.31. The maximum Gasteiger partial charge on any atom is 0.405 e. The fraction of sp³-hybridized carbons (Fsp3) is 0.600. The third kappa shape index (κ3) is 7.17. The Morgan fingerprint density at radius 3 is 2.19 bits per heavy atom. The number of thiol groups is 1. The summed E-state index contributed by atoms with van der Waals surface area (Å²) < 4.78 is 4.44. The average molecular weight is 247 g/mol. The van der Waals surface area contributed by atoms with E-state index in [1.165, 1.54) is 0 Å². The molecule has 16 heavy (non-hydrogen) atoms. The number of primary amides is 1. The highest BCUT2D eigenvalue weighted by Gasteiger charge is 2.40. The van der Waals surface area contributed by atoms with Gasteiger partial charge >= 0.3 is 12.1 Å². The molecule has 5 nitrogen and oxygen atoms in total. The van der Waals surface area contributed by atoms with Crippen molar-refractivity contribution in [2.45, 2.75) is 25.2 Å². The van der Waals surface area contributed by atoms with Gasteiger partial charge < -0.3 is 15.6 Å². The van der Waals surface area contributed by atoms with Crippen LogP contribution in [0.3, 0.4) is 0 Å². The molecule has 1 rings (SSSR count). The first-order valence-corrected chi connectivity index (χ1v) is 5.18. The van der Waals surface area contributed by atoms with Gasteiger partial charge in [-0.25, -0.2) is 4.79 Å². The van der Waals surface area contributed by atoms with Crippen molar-refractivity contribution in [2.24, 2.45) is 17.6 Å². The second kappa shape index (κ2) is 5.79. The van der Waals surface area contributed by atoms with E-state index in [1.807, 2.05) is 0 Å². The largest absolute Gasteiger partial charge is 0.481 e. The fourth-order valence-corrected chi connectivity index (χ4v) is 1.10. The first-order chi connectivity index (χ1) is 7.17. The zero-order valence-electron chi connectivity index (χ0n) is 9.34. The summed E-state index contributed by atoms with van der Waals surface area (Å²) in [6.07, 6.45) is 1.70. The van der Waals surface area contributed by atoms with E-state index < -0.39 is 17.0 Å². The molecule has 0 aromatic rings. The molecule has 1 fully saturated rings. The Morgan fingerprint density at radius 1 is 1.62 bits per heavy atom. The molecule has 0 heterocycles. The molecule has 0 saturated heterocycles. The molecule has 0 aromatic heterocycles. The third-order valence-corrected chi connectivity index (χ3v) is 1.90. The summed E-state index contributed by atoms with van der Waals surface area (Å²) in [4.78, 5) is 19.3. The first-order valence-electron chi connectivity index (χ1n) is 4.73. The summed E-state index contributed by atoms with van der Waals surface area (Å²) in [5.41, 5.74) is 4.67. The van der Waals surface area contributed by atoms with Crippen molar-refractivity contribution >= 4 is 24.7 Å². The Morgan fingerprint density at radius 2 is 2.12 bits per heavy atom. The number of carbonyl (C=O) groups is 2. The van der Waals surface area contributed by atoms with Crippen molar-refractivity contribution in [3.63, 3.8) is 0 Å². The van der Waals surface area contributed by atoms with Gasteiger partial charge in [-0.2, -0.15) is 0 Å². The number of aliphatic carboxylic acids is 1. The number of nitrogens with two attached hydrogens (primary N) is 1. The first kappa shape index (κ1) is 14.8. The number of hydrogen-bond acceptors (Lipinski definition) is 4. The lowest BCUT2D eigenvalue weighted by Crippen LogP contribution is -2.25. The van der Waals surface area contributed by atoms with Crippen molar-refractivity contribution in [2.75, 3.05) is 0 Å². The molecule has 0 radical (unpaired) electrons. The smallest absolute Gasteiger partial charge is 0.405 e. The molecular formula is C10H17NO4S. The standard InChI is InChI=1S/C6H8O2.C4H9NO2S/c1-2-4-3-5(4)6(7)8;1-4(2,8)7-3(5)6/h2,4-5H,1,3H2,(H,7,8);8H,1-2H3,(H2,5,6). The van der Waals surface area contributed by atoms with Gasteiger partial charge in [-0.15, -0.1) is 19.2 Å². The van der Waals surface area contributed by atoms with Crippen LogP contribution in [0.4, 0.5) is 4.79 Å². The van der Waals surface area contributed by atoms with E-state index in [9.17, 15) is 9.59 Å². The van der Waals surface area contributed by atoms with Crippen LogP contribution in [-0.4, -0.2) is 22.1 Å². The van der Waals surface area contributed by atoms with Crippen LogP contribution in [-0.2, 0) is 9.53 Å². The molecular weight excluding hydrogens is 230 g/mol. The van der Waals surface area contributed by atoms with Gasteiger partial charge in [-0.1, -0.05) is 6.08 Å². The molecule has 92 valence electrons. The molecule has 1 amide bonds. The minimum atomic E-state index is -0.801. The van der Waals surface area contributed by atoms with Gasteiger partial charge in [0, 0.05) is 0 Å².